The molecule has 2 rings (SSSR count). The SMILES string of the molecule is COc1ccc(Br)cc1CNC(=O)C1CCCNC1. The Morgan fingerprint density at radius 2 is 2.42 bits per heavy atom. The number of nitrogens with one attached hydrogen (secondary N) is 2. The molecule has 0 bridgehead atoms. The molecule has 4 nitrogen and oxygen atoms in total. The Bertz CT molecular complexity index is 445. The number of methoxy groups -OCH3 is 1. The van der Waals surface area contributed by atoms with E-state index in [1.54, 1.807) is 7.11 Å². The number of ether oxygens (including phenoxy) is 1. The zero-order valence-corrected chi connectivity index (χ0v) is 12.6. The van der Waals surface area contributed by atoms with Gasteiger partial charge < -0.3 is 15.4 Å². The van der Waals surface area contributed by atoms with Gasteiger partial charge in [-0.25, -0.2) is 0 Å². The molecule has 1 aromatic carbocycles. The standard InChI is InChI=1S/C14H19BrN2O2/c1-19-13-5-4-12(15)7-11(13)9-17-14(18)10-3-2-6-16-8-10/h4-5,7,10,16H,2-3,6,8-9H2,1H3,(H,17,18). The summed E-state index contributed by atoms with van der Waals surface area (Å²) in [5.74, 6) is 1.01. The van der Waals surface area contributed by atoms with Gasteiger partial charge in [0.2, 0.25) is 5.91 Å². The highest BCUT2D eigenvalue weighted by molar-refractivity contribution is 9.10. The van der Waals surface area contributed by atoms with Crippen LogP contribution in [0, 0.1) is 5.92 Å². The Morgan fingerprint density at radius 1 is 1.58 bits per heavy atom. The zero-order valence-electron chi connectivity index (χ0n) is 11.0. The molecular weight excluding hydrogens is 308 g/mol. The second-order valence-corrected chi connectivity index (χ2v) is 5.63. The zero-order chi connectivity index (χ0) is 13.7. The highest BCUT2D eigenvalue weighted by Crippen LogP contribution is 2.23. The third-order valence-electron chi connectivity index (χ3n) is 3.36. The summed E-state index contributed by atoms with van der Waals surface area (Å²) in [7, 11) is 1.64. The first-order valence-electron chi connectivity index (χ1n) is 6.51. The summed E-state index contributed by atoms with van der Waals surface area (Å²) in [5.41, 5.74) is 0.981. The van der Waals surface area contributed by atoms with Crippen LogP contribution in [0.3, 0.4) is 0 Å². The van der Waals surface area contributed by atoms with E-state index in [0.29, 0.717) is 6.54 Å². The topological polar surface area (TPSA) is 50.4 Å². The fourth-order valence-corrected chi connectivity index (χ4v) is 2.70. The summed E-state index contributed by atoms with van der Waals surface area (Å²) in [4.78, 5) is 12.1. The minimum Gasteiger partial charge on any atom is -0.496 e. The summed E-state index contributed by atoms with van der Waals surface area (Å²) in [5, 5.41) is 6.24. The van der Waals surface area contributed by atoms with Crippen molar-refractivity contribution in [2.24, 2.45) is 5.92 Å². The summed E-state index contributed by atoms with van der Waals surface area (Å²) < 4.78 is 6.28. The van der Waals surface area contributed by atoms with Crippen molar-refractivity contribution in [3.63, 3.8) is 0 Å². The third kappa shape index (κ3) is 3.94. The molecule has 1 heterocycles. The minimum absolute atomic E-state index is 0.0897. The fraction of sp³-hybridized carbons (Fsp3) is 0.500. The first-order chi connectivity index (χ1) is 9.20. The summed E-state index contributed by atoms with van der Waals surface area (Å²) in [6, 6.07) is 5.79. The van der Waals surface area contributed by atoms with Gasteiger partial charge in [0.25, 0.3) is 0 Å². The van der Waals surface area contributed by atoms with Gasteiger partial charge in [0.1, 0.15) is 5.75 Å². The van der Waals surface area contributed by atoms with Crippen molar-refractivity contribution in [3.05, 3.63) is 28.2 Å². The molecular formula is C14H19BrN2O2. The van der Waals surface area contributed by atoms with Crippen LogP contribution in [0.5, 0.6) is 5.75 Å². The molecule has 19 heavy (non-hydrogen) atoms. The Morgan fingerprint density at radius 3 is 3.11 bits per heavy atom. The quantitative estimate of drug-likeness (QED) is 0.890. The molecule has 0 spiro atoms. The van der Waals surface area contributed by atoms with Crippen molar-refractivity contribution >= 4 is 21.8 Å². The van der Waals surface area contributed by atoms with Gasteiger partial charge in [0, 0.05) is 23.1 Å². The number of benzene rings is 1. The smallest absolute Gasteiger partial charge is 0.224 e. The summed E-state index contributed by atoms with van der Waals surface area (Å²) in [6.07, 6.45) is 2.03. The van der Waals surface area contributed by atoms with Crippen LogP contribution >= 0.6 is 15.9 Å². The normalized spacial score (nSPS) is 18.9. The van der Waals surface area contributed by atoms with Crippen molar-refractivity contribution in [2.75, 3.05) is 20.2 Å². The highest BCUT2D eigenvalue weighted by atomic mass is 79.9. The van der Waals surface area contributed by atoms with Gasteiger partial charge in [0.15, 0.2) is 0 Å². The second-order valence-electron chi connectivity index (χ2n) is 4.72. The second kappa shape index (κ2) is 6.91. The summed E-state index contributed by atoms with van der Waals surface area (Å²) >= 11 is 3.43. The molecule has 1 amide bonds. The lowest BCUT2D eigenvalue weighted by Gasteiger charge is -2.22. The van der Waals surface area contributed by atoms with E-state index in [2.05, 4.69) is 26.6 Å². The number of piperidine rings is 1. The van der Waals surface area contributed by atoms with Crippen LogP contribution in [0.25, 0.3) is 0 Å². The Balaban J connectivity index is 1.94. The maximum absolute atomic E-state index is 12.1. The van der Waals surface area contributed by atoms with Crippen LogP contribution in [0.1, 0.15) is 18.4 Å². The van der Waals surface area contributed by atoms with Gasteiger partial charge in [-0.15, -0.1) is 0 Å². The molecule has 1 saturated heterocycles. The number of carbonyl (C=O) groups excluding carboxylic acids is 1. The Hall–Kier alpha value is -1.07. The van der Waals surface area contributed by atoms with Crippen LogP contribution in [0.4, 0.5) is 0 Å². The van der Waals surface area contributed by atoms with Gasteiger partial charge in [-0.2, -0.15) is 0 Å². The number of carbonyl (C=O) groups is 1. The van der Waals surface area contributed by atoms with Gasteiger partial charge in [-0.05, 0) is 37.6 Å². The number of hydrogen-bond acceptors (Lipinski definition) is 3. The van der Waals surface area contributed by atoms with Crippen molar-refractivity contribution in [3.8, 4) is 5.75 Å². The Kier molecular flexibility index (Phi) is 5.22. The van der Waals surface area contributed by atoms with Crippen LogP contribution in [0.15, 0.2) is 22.7 Å². The molecule has 2 N–H and O–H groups in total. The lowest BCUT2D eigenvalue weighted by Crippen LogP contribution is -2.40. The molecule has 0 aliphatic carbocycles. The van der Waals surface area contributed by atoms with E-state index < -0.39 is 0 Å². The van der Waals surface area contributed by atoms with Crippen LogP contribution in [-0.4, -0.2) is 26.1 Å². The van der Waals surface area contributed by atoms with E-state index >= 15 is 0 Å². The third-order valence-corrected chi connectivity index (χ3v) is 3.86. The number of amides is 1. The van der Waals surface area contributed by atoms with E-state index in [0.717, 1.165) is 41.7 Å². The highest BCUT2D eigenvalue weighted by Gasteiger charge is 2.20. The minimum atomic E-state index is 0.0897. The number of halogens is 1. The number of rotatable bonds is 4. The predicted molar refractivity (Wildman–Crippen MR) is 78.1 cm³/mol. The maximum atomic E-state index is 12.1. The molecule has 5 heteroatoms. The average molecular weight is 327 g/mol. The molecule has 104 valence electrons. The average Bonchev–Trinajstić information content (AvgIpc) is 2.46. The van der Waals surface area contributed by atoms with E-state index in [4.69, 9.17) is 4.74 Å². The predicted octanol–water partition coefficient (Wildman–Crippen LogP) is 2.07. The van der Waals surface area contributed by atoms with Crippen LogP contribution < -0.4 is 15.4 Å². The van der Waals surface area contributed by atoms with Crippen molar-refractivity contribution in [1.29, 1.82) is 0 Å². The molecule has 1 unspecified atom stereocenters. The lowest BCUT2D eigenvalue weighted by atomic mass is 9.99. The summed E-state index contributed by atoms with van der Waals surface area (Å²) in [6.45, 7) is 2.29. The first kappa shape index (κ1) is 14.3. The van der Waals surface area contributed by atoms with Crippen molar-refractivity contribution in [2.45, 2.75) is 19.4 Å². The molecule has 1 aromatic rings. The number of hydrogen-bond donors (Lipinski definition) is 2. The molecule has 1 aliphatic heterocycles. The molecule has 1 atom stereocenters. The van der Waals surface area contributed by atoms with Crippen molar-refractivity contribution < 1.29 is 9.53 Å². The largest absolute Gasteiger partial charge is 0.496 e. The van der Waals surface area contributed by atoms with Gasteiger partial charge in [-0.1, -0.05) is 15.9 Å². The van der Waals surface area contributed by atoms with E-state index in [9.17, 15) is 4.79 Å². The lowest BCUT2D eigenvalue weighted by molar-refractivity contribution is -0.125. The van der Waals surface area contributed by atoms with Gasteiger partial charge >= 0.3 is 0 Å². The molecule has 1 aliphatic rings. The molecule has 0 radical (unpaired) electrons. The fourth-order valence-electron chi connectivity index (χ4n) is 2.29. The Labute approximate surface area is 122 Å². The molecule has 0 aromatic heterocycles. The van der Waals surface area contributed by atoms with Gasteiger partial charge in [0.05, 0.1) is 13.0 Å². The molecule has 1 fully saturated rings. The van der Waals surface area contributed by atoms with Crippen LogP contribution in [0.2, 0.25) is 0 Å². The molecule has 0 saturated carbocycles. The van der Waals surface area contributed by atoms with Crippen LogP contribution in [-0.2, 0) is 11.3 Å². The van der Waals surface area contributed by atoms with E-state index in [1.807, 2.05) is 18.2 Å². The van der Waals surface area contributed by atoms with E-state index in [1.165, 1.54) is 0 Å². The van der Waals surface area contributed by atoms with E-state index in [-0.39, 0.29) is 11.8 Å². The monoisotopic (exact) mass is 326 g/mol. The van der Waals surface area contributed by atoms with Gasteiger partial charge in [-0.3, -0.25) is 4.79 Å². The van der Waals surface area contributed by atoms with Crippen molar-refractivity contribution in [1.82, 2.24) is 10.6 Å². The first-order valence-corrected chi connectivity index (χ1v) is 7.31. The maximum Gasteiger partial charge on any atom is 0.224 e.